The van der Waals surface area contributed by atoms with Gasteiger partial charge in [0.1, 0.15) is 6.29 Å². The van der Waals surface area contributed by atoms with Crippen LogP contribution in [-0.2, 0) is 6.54 Å². The zero-order valence-corrected chi connectivity index (χ0v) is 13.9. The van der Waals surface area contributed by atoms with Crippen molar-refractivity contribution in [2.24, 2.45) is 0 Å². The third kappa shape index (κ3) is 4.90. The standard InChI is InChI=1S/C21H18NO.ClH/c23-17-21-10-8-18(9-11-21)6-7-19-12-14-22(15-13-19)16-20-4-2-1-3-5-20;/h1-15,17H,16H2;1H/q+1;/p-1/b7-6-;. The Labute approximate surface area is 148 Å². The van der Waals surface area contributed by atoms with Crippen LogP contribution in [0.3, 0.4) is 0 Å². The van der Waals surface area contributed by atoms with Crippen LogP contribution < -0.4 is 17.0 Å². The van der Waals surface area contributed by atoms with Gasteiger partial charge in [-0.25, -0.2) is 4.57 Å². The fourth-order valence-electron chi connectivity index (χ4n) is 2.36. The lowest BCUT2D eigenvalue weighted by atomic mass is 10.1. The van der Waals surface area contributed by atoms with Gasteiger partial charge in [-0.15, -0.1) is 0 Å². The van der Waals surface area contributed by atoms with Gasteiger partial charge in [-0.05, 0) is 11.1 Å². The van der Waals surface area contributed by atoms with Crippen LogP contribution >= 0.6 is 0 Å². The van der Waals surface area contributed by atoms with E-state index in [1.54, 1.807) is 0 Å². The van der Waals surface area contributed by atoms with Gasteiger partial charge in [0.2, 0.25) is 0 Å². The molecule has 3 heteroatoms. The molecule has 0 saturated carbocycles. The summed E-state index contributed by atoms with van der Waals surface area (Å²) >= 11 is 0. The molecule has 120 valence electrons. The SMILES string of the molecule is O=Cc1ccc(/C=C\c2cc[n+](Cc3ccccc3)cc2)cc1.[Cl-]. The number of carbonyl (C=O) groups is 1. The highest BCUT2D eigenvalue weighted by Gasteiger charge is 2.01. The number of nitrogens with zero attached hydrogens (tertiary/aromatic N) is 1. The maximum atomic E-state index is 10.6. The van der Waals surface area contributed by atoms with E-state index in [0.29, 0.717) is 5.56 Å². The van der Waals surface area contributed by atoms with Gasteiger partial charge in [-0.3, -0.25) is 4.79 Å². The highest BCUT2D eigenvalue weighted by atomic mass is 35.5. The van der Waals surface area contributed by atoms with E-state index in [2.05, 4.69) is 59.4 Å². The molecule has 0 radical (unpaired) electrons. The molecule has 0 spiro atoms. The third-order valence-corrected chi connectivity index (χ3v) is 3.67. The van der Waals surface area contributed by atoms with Crippen LogP contribution in [0.2, 0.25) is 0 Å². The van der Waals surface area contributed by atoms with Crippen LogP contribution in [0.25, 0.3) is 12.2 Å². The van der Waals surface area contributed by atoms with E-state index in [1.807, 2.05) is 36.4 Å². The van der Waals surface area contributed by atoms with Crippen LogP contribution in [0.4, 0.5) is 0 Å². The minimum atomic E-state index is 0. The van der Waals surface area contributed by atoms with Crippen LogP contribution in [0.15, 0.2) is 79.1 Å². The predicted octanol–water partition coefficient (Wildman–Crippen LogP) is 1.01. The number of hydrogen-bond donors (Lipinski definition) is 0. The molecule has 2 aromatic carbocycles. The fourth-order valence-corrected chi connectivity index (χ4v) is 2.36. The number of benzene rings is 2. The molecule has 1 aromatic heterocycles. The monoisotopic (exact) mass is 335 g/mol. The van der Waals surface area contributed by atoms with Crippen LogP contribution in [0.5, 0.6) is 0 Å². The van der Waals surface area contributed by atoms with Crippen molar-refractivity contribution in [3.63, 3.8) is 0 Å². The summed E-state index contributed by atoms with van der Waals surface area (Å²) in [7, 11) is 0. The Kier molecular flexibility index (Phi) is 6.47. The molecule has 3 aromatic rings. The summed E-state index contributed by atoms with van der Waals surface area (Å²) in [5.74, 6) is 0. The van der Waals surface area contributed by atoms with Crippen LogP contribution in [0.1, 0.15) is 27.0 Å². The lowest BCUT2D eigenvalue weighted by molar-refractivity contribution is -0.688. The Morgan fingerprint density at radius 2 is 1.25 bits per heavy atom. The summed E-state index contributed by atoms with van der Waals surface area (Å²) in [4.78, 5) is 10.6. The zero-order valence-electron chi connectivity index (χ0n) is 13.2. The number of halogens is 1. The van der Waals surface area contributed by atoms with E-state index in [9.17, 15) is 4.79 Å². The molecule has 0 amide bonds. The van der Waals surface area contributed by atoms with Gasteiger partial charge in [0.15, 0.2) is 18.9 Å². The highest BCUT2D eigenvalue weighted by molar-refractivity contribution is 5.76. The Hall–Kier alpha value is -2.71. The molecule has 24 heavy (non-hydrogen) atoms. The summed E-state index contributed by atoms with van der Waals surface area (Å²) in [6.07, 6.45) is 9.15. The molecule has 3 rings (SSSR count). The first kappa shape index (κ1) is 17.6. The van der Waals surface area contributed by atoms with Gasteiger partial charge < -0.3 is 12.4 Å². The first-order chi connectivity index (χ1) is 11.3. The number of aldehydes is 1. The van der Waals surface area contributed by atoms with Gasteiger partial charge in [-0.1, -0.05) is 66.7 Å². The third-order valence-electron chi connectivity index (χ3n) is 3.67. The average Bonchev–Trinajstić information content (AvgIpc) is 2.62. The fraction of sp³-hybridized carbons (Fsp3) is 0.0476. The van der Waals surface area contributed by atoms with Crippen molar-refractivity contribution in [1.82, 2.24) is 0 Å². The first-order valence-corrected chi connectivity index (χ1v) is 7.60. The Morgan fingerprint density at radius 1 is 0.708 bits per heavy atom. The molecule has 0 fully saturated rings. The smallest absolute Gasteiger partial charge is 0.173 e. The lowest BCUT2D eigenvalue weighted by Crippen LogP contribution is -3.00. The second kappa shape index (κ2) is 8.80. The molecule has 0 aliphatic carbocycles. The molecular formula is C21H18ClNO. The van der Waals surface area contributed by atoms with Crippen molar-refractivity contribution < 1.29 is 21.8 Å². The number of carbonyl (C=O) groups excluding carboxylic acids is 1. The second-order valence-corrected chi connectivity index (χ2v) is 5.41. The molecule has 0 bridgehead atoms. The van der Waals surface area contributed by atoms with Crippen LogP contribution in [-0.4, -0.2) is 6.29 Å². The highest BCUT2D eigenvalue weighted by Crippen LogP contribution is 2.08. The average molecular weight is 336 g/mol. The summed E-state index contributed by atoms with van der Waals surface area (Å²) in [5.41, 5.74) is 4.21. The van der Waals surface area contributed by atoms with Crippen molar-refractivity contribution in [1.29, 1.82) is 0 Å². The van der Waals surface area contributed by atoms with Crippen molar-refractivity contribution in [2.45, 2.75) is 6.54 Å². The molecule has 2 nitrogen and oxygen atoms in total. The summed E-state index contributed by atoms with van der Waals surface area (Å²) < 4.78 is 2.16. The second-order valence-electron chi connectivity index (χ2n) is 5.41. The van der Waals surface area contributed by atoms with E-state index in [4.69, 9.17) is 0 Å². The van der Waals surface area contributed by atoms with E-state index >= 15 is 0 Å². The number of hydrogen-bond acceptors (Lipinski definition) is 1. The minimum Gasteiger partial charge on any atom is -1.00 e. The lowest BCUT2D eigenvalue weighted by Gasteiger charge is -1.98. The molecular weight excluding hydrogens is 318 g/mol. The Balaban J connectivity index is 0.00000208. The van der Waals surface area contributed by atoms with E-state index in [0.717, 1.165) is 24.0 Å². The molecule has 0 atom stereocenters. The summed E-state index contributed by atoms with van der Waals surface area (Å²) in [6.45, 7) is 0.873. The van der Waals surface area contributed by atoms with Crippen molar-refractivity contribution >= 4 is 18.4 Å². The van der Waals surface area contributed by atoms with Crippen molar-refractivity contribution in [2.75, 3.05) is 0 Å². The molecule has 0 aliphatic heterocycles. The largest absolute Gasteiger partial charge is 1.00 e. The van der Waals surface area contributed by atoms with E-state index in [1.165, 1.54) is 5.56 Å². The van der Waals surface area contributed by atoms with E-state index < -0.39 is 0 Å². The predicted molar refractivity (Wildman–Crippen MR) is 92.9 cm³/mol. The van der Waals surface area contributed by atoms with Crippen LogP contribution in [0, 0.1) is 0 Å². The first-order valence-electron chi connectivity index (χ1n) is 7.60. The maximum Gasteiger partial charge on any atom is 0.173 e. The van der Waals surface area contributed by atoms with Crippen molar-refractivity contribution in [3.8, 4) is 0 Å². The van der Waals surface area contributed by atoms with Gasteiger partial charge >= 0.3 is 0 Å². The quantitative estimate of drug-likeness (QED) is 0.503. The van der Waals surface area contributed by atoms with Gasteiger partial charge in [0.25, 0.3) is 0 Å². The maximum absolute atomic E-state index is 10.6. The topological polar surface area (TPSA) is 20.9 Å². The molecule has 0 saturated heterocycles. The summed E-state index contributed by atoms with van der Waals surface area (Å²) in [6, 6.07) is 22.1. The minimum absolute atomic E-state index is 0. The van der Waals surface area contributed by atoms with Gasteiger partial charge in [0.05, 0.1) is 0 Å². The summed E-state index contributed by atoms with van der Waals surface area (Å²) in [5, 5.41) is 0. The van der Waals surface area contributed by atoms with Gasteiger partial charge in [0, 0.05) is 23.3 Å². The Bertz CT molecular complexity index is 794. The number of rotatable bonds is 5. The molecule has 0 aliphatic rings. The molecule has 0 unspecified atom stereocenters. The normalized spacial score (nSPS) is 10.3. The molecule has 1 heterocycles. The van der Waals surface area contributed by atoms with Crippen molar-refractivity contribution in [3.05, 3.63) is 101 Å². The Morgan fingerprint density at radius 3 is 1.83 bits per heavy atom. The number of aromatic nitrogens is 1. The molecule has 0 N–H and O–H groups in total. The van der Waals surface area contributed by atoms with E-state index in [-0.39, 0.29) is 12.4 Å². The number of pyridine rings is 1. The van der Waals surface area contributed by atoms with Gasteiger partial charge in [-0.2, -0.15) is 0 Å². The zero-order chi connectivity index (χ0) is 15.9.